The number of aliphatic hydroxyl groups is 1. The number of hydrogen-bond donors (Lipinski definition) is 2. The summed E-state index contributed by atoms with van der Waals surface area (Å²) in [6.45, 7) is 0.291. The van der Waals surface area contributed by atoms with Gasteiger partial charge in [-0.05, 0) is 18.4 Å². The van der Waals surface area contributed by atoms with E-state index in [0.29, 0.717) is 0 Å². The molecule has 0 aromatic heterocycles. The van der Waals surface area contributed by atoms with Gasteiger partial charge in [-0.2, -0.15) is 0 Å². The van der Waals surface area contributed by atoms with Gasteiger partial charge in [-0.3, -0.25) is 9.69 Å². The van der Waals surface area contributed by atoms with E-state index in [4.69, 9.17) is 4.74 Å². The minimum atomic E-state index is -0.689. The Morgan fingerprint density at radius 3 is 2.60 bits per heavy atom. The number of benzene rings is 1. The Kier molecular flexibility index (Phi) is 5.91. The lowest BCUT2D eigenvalue weighted by molar-refractivity contribution is -0.126. The maximum absolute atomic E-state index is 12.6. The van der Waals surface area contributed by atoms with E-state index in [1.807, 2.05) is 30.3 Å². The molecule has 2 N–H and O–H groups in total. The van der Waals surface area contributed by atoms with E-state index in [1.165, 1.54) is 11.3 Å². The first-order valence-electron chi connectivity index (χ1n) is 9.09. The average molecular weight is 346 g/mol. The molecule has 2 fully saturated rings. The van der Waals surface area contributed by atoms with Gasteiger partial charge in [0.25, 0.3) is 0 Å². The first-order valence-corrected chi connectivity index (χ1v) is 9.09. The summed E-state index contributed by atoms with van der Waals surface area (Å²) in [6.07, 6.45) is 4.46. The van der Waals surface area contributed by atoms with Crippen molar-refractivity contribution in [2.45, 2.75) is 63.3 Å². The molecule has 0 unspecified atom stereocenters. The summed E-state index contributed by atoms with van der Waals surface area (Å²) < 4.78 is 5.33. The molecule has 1 saturated heterocycles. The monoisotopic (exact) mass is 346 g/mol. The second kappa shape index (κ2) is 8.34. The summed E-state index contributed by atoms with van der Waals surface area (Å²) in [5.41, 5.74) is 0.888. The summed E-state index contributed by atoms with van der Waals surface area (Å²) >= 11 is 0. The Balaban J connectivity index is 1.56. The molecule has 2 amide bonds. The molecule has 3 rings (SSSR count). The second-order valence-corrected chi connectivity index (χ2v) is 6.94. The van der Waals surface area contributed by atoms with Crippen LogP contribution in [0.15, 0.2) is 30.3 Å². The van der Waals surface area contributed by atoms with Crippen molar-refractivity contribution in [2.24, 2.45) is 0 Å². The third-order valence-electron chi connectivity index (χ3n) is 4.97. The number of nitrogens with zero attached hydrogens (tertiary/aromatic N) is 1. The third-order valence-corrected chi connectivity index (χ3v) is 4.97. The molecule has 1 aliphatic carbocycles. The maximum atomic E-state index is 12.6. The number of rotatable bonds is 4. The van der Waals surface area contributed by atoms with Crippen molar-refractivity contribution in [2.75, 3.05) is 6.54 Å². The molecule has 0 radical (unpaired) electrons. The standard InChI is InChI=1S/C19H26N2O4/c22-16-11-17(18(23)20-15-9-5-2-6-10-15)21(12-16)19(24)25-13-14-7-3-1-4-8-14/h1,3-4,7-8,15-17,22H,2,5-6,9-13H2,(H,20,23)/t16-,17+/m1/s1. The van der Waals surface area contributed by atoms with Crippen LogP contribution in [0.2, 0.25) is 0 Å². The van der Waals surface area contributed by atoms with Crippen molar-refractivity contribution < 1.29 is 19.4 Å². The number of hydrogen-bond acceptors (Lipinski definition) is 4. The Bertz CT molecular complexity index is 586. The van der Waals surface area contributed by atoms with E-state index in [0.717, 1.165) is 31.2 Å². The minimum absolute atomic E-state index is 0.135. The number of ether oxygens (including phenoxy) is 1. The molecule has 1 aromatic carbocycles. The predicted octanol–water partition coefficient (Wildman–Crippen LogP) is 2.21. The predicted molar refractivity (Wildman–Crippen MR) is 92.8 cm³/mol. The Morgan fingerprint density at radius 1 is 1.16 bits per heavy atom. The zero-order chi connectivity index (χ0) is 17.6. The lowest BCUT2D eigenvalue weighted by atomic mass is 9.95. The highest BCUT2D eigenvalue weighted by Crippen LogP contribution is 2.22. The number of aliphatic hydroxyl groups excluding tert-OH is 1. The molecule has 0 spiro atoms. The molecular weight excluding hydrogens is 320 g/mol. The van der Waals surface area contributed by atoms with Crippen LogP contribution in [0.5, 0.6) is 0 Å². The summed E-state index contributed by atoms with van der Waals surface area (Å²) in [7, 11) is 0. The van der Waals surface area contributed by atoms with Crippen LogP contribution >= 0.6 is 0 Å². The van der Waals surface area contributed by atoms with Crippen LogP contribution in [0, 0.1) is 0 Å². The van der Waals surface area contributed by atoms with Crippen LogP contribution in [0.3, 0.4) is 0 Å². The van der Waals surface area contributed by atoms with Gasteiger partial charge in [0.1, 0.15) is 12.6 Å². The van der Waals surface area contributed by atoms with Crippen molar-refractivity contribution in [3.8, 4) is 0 Å². The van der Waals surface area contributed by atoms with Crippen LogP contribution in [0.1, 0.15) is 44.1 Å². The van der Waals surface area contributed by atoms with Gasteiger partial charge in [-0.15, -0.1) is 0 Å². The fourth-order valence-electron chi connectivity index (χ4n) is 3.61. The molecule has 1 heterocycles. The van der Waals surface area contributed by atoms with Crippen LogP contribution in [0.4, 0.5) is 4.79 Å². The van der Waals surface area contributed by atoms with E-state index >= 15 is 0 Å². The van der Waals surface area contributed by atoms with Crippen molar-refractivity contribution in [1.82, 2.24) is 10.2 Å². The normalized spacial score (nSPS) is 24.1. The molecule has 6 nitrogen and oxygen atoms in total. The SMILES string of the molecule is O=C(NC1CCCCC1)[C@@H]1C[C@@H](O)CN1C(=O)OCc1ccccc1. The van der Waals surface area contributed by atoms with E-state index in [1.54, 1.807) is 0 Å². The smallest absolute Gasteiger partial charge is 0.410 e. The minimum Gasteiger partial charge on any atom is -0.445 e. The van der Waals surface area contributed by atoms with Gasteiger partial charge >= 0.3 is 6.09 Å². The number of β-amino-alcohol motifs (C(OH)–C–C–N with tert-alkyl or cyclic N) is 1. The van der Waals surface area contributed by atoms with Crippen molar-refractivity contribution >= 4 is 12.0 Å². The van der Waals surface area contributed by atoms with E-state index in [9.17, 15) is 14.7 Å². The highest BCUT2D eigenvalue weighted by atomic mass is 16.6. The van der Waals surface area contributed by atoms with Gasteiger partial charge in [0.05, 0.1) is 12.6 Å². The molecule has 1 aliphatic heterocycles. The van der Waals surface area contributed by atoms with Gasteiger partial charge < -0.3 is 15.2 Å². The Hall–Kier alpha value is -2.08. The first kappa shape index (κ1) is 17.7. The Morgan fingerprint density at radius 2 is 1.88 bits per heavy atom. The van der Waals surface area contributed by atoms with E-state index in [-0.39, 0.29) is 31.5 Å². The summed E-state index contributed by atoms with van der Waals surface area (Å²) in [5, 5.41) is 13.0. The van der Waals surface area contributed by atoms with Gasteiger partial charge in [0.15, 0.2) is 0 Å². The van der Waals surface area contributed by atoms with Crippen LogP contribution < -0.4 is 5.32 Å². The lowest BCUT2D eigenvalue weighted by Crippen LogP contribution is -2.49. The number of carbonyl (C=O) groups is 2. The zero-order valence-electron chi connectivity index (χ0n) is 14.4. The average Bonchev–Trinajstić information content (AvgIpc) is 3.03. The van der Waals surface area contributed by atoms with Gasteiger partial charge in [0, 0.05) is 12.5 Å². The maximum Gasteiger partial charge on any atom is 0.410 e. The van der Waals surface area contributed by atoms with Gasteiger partial charge in [-0.25, -0.2) is 4.79 Å². The largest absolute Gasteiger partial charge is 0.445 e. The number of nitrogens with one attached hydrogen (secondary N) is 1. The number of likely N-dealkylation sites (tertiary alicyclic amines) is 1. The third kappa shape index (κ3) is 4.72. The molecule has 0 bridgehead atoms. The summed E-state index contributed by atoms with van der Waals surface area (Å²) in [4.78, 5) is 26.3. The first-order chi connectivity index (χ1) is 12.1. The molecular formula is C19H26N2O4. The molecule has 25 heavy (non-hydrogen) atoms. The second-order valence-electron chi connectivity index (χ2n) is 6.94. The van der Waals surface area contributed by atoms with Gasteiger partial charge in [0.2, 0.25) is 5.91 Å². The molecule has 136 valence electrons. The summed E-state index contributed by atoms with van der Waals surface area (Å²) in [5.74, 6) is -0.180. The van der Waals surface area contributed by atoms with Crippen LogP contribution in [-0.2, 0) is 16.1 Å². The van der Waals surface area contributed by atoms with Crippen LogP contribution in [0.25, 0.3) is 0 Å². The quantitative estimate of drug-likeness (QED) is 0.876. The fraction of sp³-hybridized carbons (Fsp3) is 0.579. The topological polar surface area (TPSA) is 78.9 Å². The number of carbonyl (C=O) groups excluding carboxylic acids is 2. The number of amides is 2. The van der Waals surface area contributed by atoms with E-state index < -0.39 is 18.2 Å². The molecule has 1 saturated carbocycles. The van der Waals surface area contributed by atoms with Crippen molar-refractivity contribution in [1.29, 1.82) is 0 Å². The molecule has 2 atom stereocenters. The van der Waals surface area contributed by atoms with Gasteiger partial charge in [-0.1, -0.05) is 49.6 Å². The highest BCUT2D eigenvalue weighted by Gasteiger charge is 2.40. The molecule has 6 heteroatoms. The van der Waals surface area contributed by atoms with Crippen molar-refractivity contribution in [3.05, 3.63) is 35.9 Å². The molecule has 1 aromatic rings. The lowest BCUT2D eigenvalue weighted by Gasteiger charge is -2.27. The molecule has 2 aliphatic rings. The van der Waals surface area contributed by atoms with Crippen molar-refractivity contribution in [3.63, 3.8) is 0 Å². The highest BCUT2D eigenvalue weighted by molar-refractivity contribution is 5.86. The van der Waals surface area contributed by atoms with Crippen LogP contribution in [-0.4, -0.2) is 46.7 Å². The zero-order valence-corrected chi connectivity index (χ0v) is 14.4. The summed E-state index contributed by atoms with van der Waals surface area (Å²) in [6, 6.07) is 8.93. The van der Waals surface area contributed by atoms with E-state index in [2.05, 4.69) is 5.32 Å². The fourth-order valence-corrected chi connectivity index (χ4v) is 3.61. The Labute approximate surface area is 148 Å².